The van der Waals surface area contributed by atoms with Gasteiger partial charge in [0.1, 0.15) is 5.75 Å². The second-order valence-electron chi connectivity index (χ2n) is 5.66. The van der Waals surface area contributed by atoms with Gasteiger partial charge in [-0.3, -0.25) is 9.59 Å². The van der Waals surface area contributed by atoms with Crippen molar-refractivity contribution in [3.05, 3.63) is 53.6 Å². The molecular weight excluding hydrogens is 334 g/mol. The van der Waals surface area contributed by atoms with Crippen molar-refractivity contribution < 1.29 is 23.8 Å². The molecule has 0 atom stereocenters. The van der Waals surface area contributed by atoms with E-state index in [9.17, 15) is 9.59 Å². The topological polar surface area (TPSA) is 73.9 Å². The van der Waals surface area contributed by atoms with E-state index in [0.717, 1.165) is 11.3 Å². The lowest BCUT2D eigenvalue weighted by Crippen LogP contribution is -2.30. The third-order valence-electron chi connectivity index (χ3n) is 3.82. The lowest BCUT2D eigenvalue weighted by atomic mass is 10.1. The van der Waals surface area contributed by atoms with Crippen LogP contribution in [-0.2, 0) is 11.2 Å². The molecule has 0 radical (unpaired) electrons. The van der Waals surface area contributed by atoms with Gasteiger partial charge in [-0.05, 0) is 49.2 Å². The van der Waals surface area contributed by atoms with Crippen molar-refractivity contribution in [2.24, 2.45) is 0 Å². The Hall–Kier alpha value is -3.02. The molecule has 0 saturated carbocycles. The molecule has 138 valence electrons. The minimum Gasteiger partial charge on any atom is -0.497 e. The summed E-state index contributed by atoms with van der Waals surface area (Å²) in [5.74, 6) is 1.35. The lowest BCUT2D eigenvalue weighted by molar-refractivity contribution is -0.123. The van der Waals surface area contributed by atoms with Crippen LogP contribution in [0.1, 0.15) is 22.8 Å². The van der Waals surface area contributed by atoms with E-state index in [1.54, 1.807) is 25.3 Å². The number of methoxy groups -OCH3 is 2. The summed E-state index contributed by atoms with van der Waals surface area (Å²) < 4.78 is 15.8. The number of amides is 1. The number of hydrogen-bond donors (Lipinski definition) is 1. The summed E-state index contributed by atoms with van der Waals surface area (Å²) in [6, 6.07) is 12.6. The SMILES string of the molecule is COc1ccc(CCNC(=O)COc2ccc(C(C)=O)cc2OC)cc1. The van der Waals surface area contributed by atoms with Gasteiger partial charge in [0.2, 0.25) is 0 Å². The minimum atomic E-state index is -0.226. The maximum Gasteiger partial charge on any atom is 0.257 e. The summed E-state index contributed by atoms with van der Waals surface area (Å²) in [5, 5.41) is 2.81. The summed E-state index contributed by atoms with van der Waals surface area (Å²) in [4.78, 5) is 23.3. The smallest absolute Gasteiger partial charge is 0.257 e. The molecule has 0 aliphatic rings. The van der Waals surface area contributed by atoms with Gasteiger partial charge in [0.15, 0.2) is 23.9 Å². The molecule has 0 aromatic heterocycles. The van der Waals surface area contributed by atoms with Crippen molar-refractivity contribution in [1.29, 1.82) is 0 Å². The molecule has 6 nitrogen and oxygen atoms in total. The molecule has 0 fully saturated rings. The summed E-state index contributed by atoms with van der Waals surface area (Å²) in [6.45, 7) is 1.86. The number of benzene rings is 2. The van der Waals surface area contributed by atoms with E-state index in [2.05, 4.69) is 5.32 Å². The number of carbonyl (C=O) groups is 2. The summed E-state index contributed by atoms with van der Waals surface area (Å²) in [6.07, 6.45) is 0.715. The highest BCUT2D eigenvalue weighted by Gasteiger charge is 2.10. The third-order valence-corrected chi connectivity index (χ3v) is 3.82. The van der Waals surface area contributed by atoms with E-state index in [4.69, 9.17) is 14.2 Å². The van der Waals surface area contributed by atoms with Crippen molar-refractivity contribution in [2.75, 3.05) is 27.4 Å². The molecule has 0 unspecified atom stereocenters. The molecule has 0 bridgehead atoms. The Morgan fingerprint density at radius 3 is 2.31 bits per heavy atom. The molecule has 2 aromatic rings. The molecule has 26 heavy (non-hydrogen) atoms. The monoisotopic (exact) mass is 357 g/mol. The standard InChI is InChI=1S/C20H23NO5/c1-14(22)16-6-9-18(19(12-16)25-3)26-13-20(23)21-11-10-15-4-7-17(24-2)8-5-15/h4-9,12H,10-11,13H2,1-3H3,(H,21,23). The highest BCUT2D eigenvalue weighted by atomic mass is 16.5. The summed E-state index contributed by atoms with van der Waals surface area (Å²) >= 11 is 0. The van der Waals surface area contributed by atoms with Gasteiger partial charge in [0.05, 0.1) is 14.2 Å². The van der Waals surface area contributed by atoms with Gasteiger partial charge in [-0.2, -0.15) is 0 Å². The van der Waals surface area contributed by atoms with Crippen LogP contribution >= 0.6 is 0 Å². The van der Waals surface area contributed by atoms with Crippen molar-refractivity contribution in [2.45, 2.75) is 13.3 Å². The van der Waals surface area contributed by atoms with E-state index < -0.39 is 0 Å². The Labute approximate surface area is 153 Å². The fourth-order valence-electron chi connectivity index (χ4n) is 2.34. The van der Waals surface area contributed by atoms with Crippen LogP contribution < -0.4 is 19.5 Å². The zero-order valence-corrected chi connectivity index (χ0v) is 15.2. The van der Waals surface area contributed by atoms with Gasteiger partial charge < -0.3 is 19.5 Å². The largest absolute Gasteiger partial charge is 0.497 e. The molecule has 0 aliphatic carbocycles. The van der Waals surface area contributed by atoms with Gasteiger partial charge in [0.25, 0.3) is 5.91 Å². The minimum absolute atomic E-state index is 0.0638. The number of Topliss-reactive ketones (excluding diaryl/α,β-unsaturated/α-hetero) is 1. The maximum atomic E-state index is 11.9. The molecule has 0 aliphatic heterocycles. The highest BCUT2D eigenvalue weighted by Crippen LogP contribution is 2.28. The number of nitrogens with one attached hydrogen (secondary N) is 1. The van der Waals surface area contributed by atoms with Crippen molar-refractivity contribution in [3.8, 4) is 17.2 Å². The first-order valence-electron chi connectivity index (χ1n) is 8.25. The van der Waals surface area contributed by atoms with Gasteiger partial charge in [-0.25, -0.2) is 0 Å². The van der Waals surface area contributed by atoms with E-state index in [-0.39, 0.29) is 18.3 Å². The molecular formula is C20H23NO5. The quantitative estimate of drug-likeness (QED) is 0.699. The van der Waals surface area contributed by atoms with Crippen LogP contribution in [0.4, 0.5) is 0 Å². The lowest BCUT2D eigenvalue weighted by Gasteiger charge is -2.12. The van der Waals surface area contributed by atoms with Crippen LogP contribution in [0.5, 0.6) is 17.2 Å². The fraction of sp³-hybridized carbons (Fsp3) is 0.300. The van der Waals surface area contributed by atoms with Gasteiger partial charge in [-0.1, -0.05) is 12.1 Å². The molecule has 6 heteroatoms. The molecule has 0 heterocycles. The second-order valence-corrected chi connectivity index (χ2v) is 5.66. The first-order chi connectivity index (χ1) is 12.5. The molecule has 1 N–H and O–H groups in total. The number of rotatable bonds is 9. The fourth-order valence-corrected chi connectivity index (χ4v) is 2.34. The molecule has 2 aromatic carbocycles. The maximum absolute atomic E-state index is 11.9. The van der Waals surface area contributed by atoms with Crippen LogP contribution in [-0.4, -0.2) is 39.1 Å². The van der Waals surface area contributed by atoms with Gasteiger partial charge in [-0.15, -0.1) is 0 Å². The van der Waals surface area contributed by atoms with Crippen molar-refractivity contribution >= 4 is 11.7 Å². The first kappa shape index (κ1) is 19.3. The molecule has 0 spiro atoms. The Balaban J connectivity index is 1.80. The van der Waals surface area contributed by atoms with E-state index >= 15 is 0 Å². The average Bonchev–Trinajstić information content (AvgIpc) is 2.66. The second kappa shape index (κ2) is 9.46. The first-order valence-corrected chi connectivity index (χ1v) is 8.25. The number of carbonyl (C=O) groups excluding carboxylic acids is 2. The van der Waals surface area contributed by atoms with Gasteiger partial charge >= 0.3 is 0 Å². The Bertz CT molecular complexity index is 755. The highest BCUT2D eigenvalue weighted by molar-refractivity contribution is 5.94. The third kappa shape index (κ3) is 5.51. The van der Waals surface area contributed by atoms with Crippen LogP contribution in [0, 0.1) is 0 Å². The molecule has 1 amide bonds. The summed E-state index contributed by atoms with van der Waals surface area (Å²) in [5.41, 5.74) is 1.63. The normalized spacial score (nSPS) is 10.1. The predicted molar refractivity (Wildman–Crippen MR) is 98.2 cm³/mol. The molecule has 0 saturated heterocycles. The predicted octanol–water partition coefficient (Wildman–Crippen LogP) is 2.64. The Kier molecular flexibility index (Phi) is 7.02. The van der Waals surface area contributed by atoms with Crippen LogP contribution in [0.15, 0.2) is 42.5 Å². The number of ketones is 1. The zero-order valence-electron chi connectivity index (χ0n) is 15.2. The van der Waals surface area contributed by atoms with E-state index in [1.165, 1.54) is 14.0 Å². The Morgan fingerprint density at radius 1 is 0.962 bits per heavy atom. The Morgan fingerprint density at radius 2 is 1.69 bits per heavy atom. The summed E-state index contributed by atoms with van der Waals surface area (Å²) in [7, 11) is 3.11. The van der Waals surface area contributed by atoms with Crippen LogP contribution in [0.2, 0.25) is 0 Å². The van der Waals surface area contributed by atoms with Gasteiger partial charge in [0, 0.05) is 12.1 Å². The van der Waals surface area contributed by atoms with E-state index in [1.807, 2.05) is 24.3 Å². The molecule has 2 rings (SSSR count). The number of ether oxygens (including phenoxy) is 3. The van der Waals surface area contributed by atoms with Crippen LogP contribution in [0.25, 0.3) is 0 Å². The zero-order chi connectivity index (χ0) is 18.9. The van der Waals surface area contributed by atoms with E-state index in [0.29, 0.717) is 30.0 Å². The van der Waals surface area contributed by atoms with Crippen molar-refractivity contribution in [3.63, 3.8) is 0 Å². The average molecular weight is 357 g/mol. The number of hydrogen-bond acceptors (Lipinski definition) is 5. The van der Waals surface area contributed by atoms with Crippen molar-refractivity contribution in [1.82, 2.24) is 5.32 Å². The van der Waals surface area contributed by atoms with Crippen LogP contribution in [0.3, 0.4) is 0 Å².